The normalized spacial score (nSPS) is 17.4. The van der Waals surface area contributed by atoms with Crippen molar-refractivity contribution in [2.45, 2.75) is 26.2 Å². The van der Waals surface area contributed by atoms with Crippen LogP contribution in [-0.4, -0.2) is 9.91 Å². The molecular formula is C17H15N3O2S. The van der Waals surface area contributed by atoms with Crippen molar-refractivity contribution in [3.63, 3.8) is 0 Å². The molecule has 1 aliphatic carbocycles. The van der Waals surface area contributed by atoms with Crippen molar-refractivity contribution in [1.82, 2.24) is 4.98 Å². The molecule has 1 aromatic carbocycles. The Labute approximate surface area is 138 Å². The van der Waals surface area contributed by atoms with Crippen molar-refractivity contribution in [1.29, 1.82) is 5.26 Å². The maximum Gasteiger partial charge on any atom is 0.269 e. The van der Waals surface area contributed by atoms with E-state index < -0.39 is 4.92 Å². The second-order valence-corrected chi connectivity index (χ2v) is 6.84. The molecule has 0 fully saturated rings. The number of nitro groups is 1. The Morgan fingerprint density at radius 2 is 2.22 bits per heavy atom. The average molecular weight is 325 g/mol. The fraction of sp³-hybridized carbons (Fsp3) is 0.294. The average Bonchev–Trinajstić information content (AvgIpc) is 2.95. The van der Waals surface area contributed by atoms with Crippen LogP contribution >= 0.6 is 11.3 Å². The zero-order valence-electron chi connectivity index (χ0n) is 12.7. The van der Waals surface area contributed by atoms with E-state index in [0.717, 1.165) is 35.5 Å². The van der Waals surface area contributed by atoms with Crippen LogP contribution < -0.4 is 0 Å². The monoisotopic (exact) mass is 325 g/mol. The number of non-ortho nitro benzene ring substituents is 1. The van der Waals surface area contributed by atoms with E-state index in [9.17, 15) is 15.4 Å². The van der Waals surface area contributed by atoms with E-state index in [0.29, 0.717) is 11.5 Å². The highest BCUT2D eigenvalue weighted by molar-refractivity contribution is 7.13. The van der Waals surface area contributed by atoms with E-state index >= 15 is 0 Å². The van der Waals surface area contributed by atoms with Crippen molar-refractivity contribution in [2.24, 2.45) is 5.92 Å². The summed E-state index contributed by atoms with van der Waals surface area (Å²) < 4.78 is 0. The molecule has 3 rings (SSSR count). The number of fused-ring (bicyclic) bond motifs is 1. The Balaban J connectivity index is 1.90. The van der Waals surface area contributed by atoms with Crippen LogP contribution in [0.25, 0.3) is 11.6 Å². The first-order valence-electron chi connectivity index (χ1n) is 7.42. The second-order valence-electron chi connectivity index (χ2n) is 5.76. The van der Waals surface area contributed by atoms with Gasteiger partial charge in [0.2, 0.25) is 0 Å². The molecule has 1 aliphatic rings. The van der Waals surface area contributed by atoms with Gasteiger partial charge >= 0.3 is 0 Å². The van der Waals surface area contributed by atoms with Gasteiger partial charge < -0.3 is 0 Å². The lowest BCUT2D eigenvalue weighted by Crippen LogP contribution is -2.09. The maximum atomic E-state index is 10.7. The largest absolute Gasteiger partial charge is 0.269 e. The molecule has 1 atom stereocenters. The molecule has 0 spiro atoms. The SMILES string of the molecule is CC1CCc2nc(/C(C#N)=C/c3ccc([N+](=O)[O-])cc3)sc2C1. The quantitative estimate of drug-likeness (QED) is 0.480. The molecule has 23 heavy (non-hydrogen) atoms. The third-order valence-corrected chi connectivity index (χ3v) is 5.11. The number of allylic oxidation sites excluding steroid dienone is 1. The molecule has 2 aromatic rings. The number of thiazole rings is 1. The second kappa shape index (κ2) is 6.31. The number of aromatic nitrogens is 1. The minimum absolute atomic E-state index is 0.0411. The summed E-state index contributed by atoms with van der Waals surface area (Å²) in [4.78, 5) is 16.1. The summed E-state index contributed by atoms with van der Waals surface area (Å²) >= 11 is 1.59. The van der Waals surface area contributed by atoms with Gasteiger partial charge in [-0.3, -0.25) is 10.1 Å². The summed E-state index contributed by atoms with van der Waals surface area (Å²) in [5.41, 5.74) is 2.42. The van der Waals surface area contributed by atoms with Gasteiger partial charge in [0, 0.05) is 17.0 Å². The Morgan fingerprint density at radius 1 is 1.48 bits per heavy atom. The topological polar surface area (TPSA) is 79.8 Å². The smallest absolute Gasteiger partial charge is 0.258 e. The summed E-state index contributed by atoms with van der Waals surface area (Å²) in [6.07, 6.45) is 4.88. The van der Waals surface area contributed by atoms with Crippen molar-refractivity contribution < 1.29 is 4.92 Å². The van der Waals surface area contributed by atoms with Gasteiger partial charge in [0.05, 0.1) is 16.2 Å². The predicted octanol–water partition coefficient (Wildman–Crippen LogP) is 4.24. The maximum absolute atomic E-state index is 10.7. The van der Waals surface area contributed by atoms with Gasteiger partial charge in [0.15, 0.2) is 0 Å². The number of nitrogens with zero attached hydrogens (tertiary/aromatic N) is 3. The van der Waals surface area contributed by atoms with Crippen molar-refractivity contribution in [2.75, 3.05) is 0 Å². The van der Waals surface area contributed by atoms with Crippen LogP contribution in [-0.2, 0) is 12.8 Å². The molecule has 0 amide bonds. The molecule has 6 heteroatoms. The Morgan fingerprint density at radius 3 is 2.87 bits per heavy atom. The van der Waals surface area contributed by atoms with Crippen LogP contribution in [0, 0.1) is 27.4 Å². The molecule has 0 saturated carbocycles. The van der Waals surface area contributed by atoms with Crippen LogP contribution in [0.15, 0.2) is 24.3 Å². The van der Waals surface area contributed by atoms with Crippen LogP contribution in [0.5, 0.6) is 0 Å². The first-order chi connectivity index (χ1) is 11.1. The van der Waals surface area contributed by atoms with Crippen LogP contribution in [0.3, 0.4) is 0 Å². The molecule has 116 valence electrons. The molecule has 1 unspecified atom stereocenters. The fourth-order valence-corrected chi connectivity index (χ4v) is 3.89. The van der Waals surface area contributed by atoms with E-state index in [1.165, 1.54) is 17.0 Å². The number of hydrogen-bond acceptors (Lipinski definition) is 5. The lowest BCUT2D eigenvalue weighted by atomic mass is 9.93. The molecule has 1 heterocycles. The molecule has 0 N–H and O–H groups in total. The molecule has 0 aliphatic heterocycles. The lowest BCUT2D eigenvalue weighted by molar-refractivity contribution is -0.384. The first-order valence-corrected chi connectivity index (χ1v) is 8.23. The van der Waals surface area contributed by atoms with Crippen molar-refractivity contribution >= 4 is 28.7 Å². The van der Waals surface area contributed by atoms with E-state index in [2.05, 4.69) is 18.0 Å². The minimum atomic E-state index is -0.436. The van der Waals surface area contributed by atoms with Crippen LogP contribution in [0.2, 0.25) is 0 Å². The van der Waals surface area contributed by atoms with Crippen molar-refractivity contribution in [3.8, 4) is 6.07 Å². The zero-order chi connectivity index (χ0) is 16.4. The molecule has 1 aromatic heterocycles. The van der Waals surface area contributed by atoms with Crippen molar-refractivity contribution in [3.05, 3.63) is 55.5 Å². The summed E-state index contributed by atoms with van der Waals surface area (Å²) in [5.74, 6) is 0.667. The highest BCUT2D eigenvalue weighted by Gasteiger charge is 2.21. The van der Waals surface area contributed by atoms with Gasteiger partial charge in [-0.05, 0) is 49.0 Å². The standard InChI is InChI=1S/C17H15N3O2S/c1-11-2-7-15-16(8-11)23-17(19-15)13(10-18)9-12-3-5-14(6-4-12)20(21)22/h3-6,9,11H,2,7-8H2,1H3/b13-9+. The van der Waals surface area contributed by atoms with Gasteiger partial charge in [-0.2, -0.15) is 5.26 Å². The Bertz CT molecular complexity index is 815. The summed E-state index contributed by atoms with van der Waals surface area (Å²) in [6.45, 7) is 2.24. The summed E-state index contributed by atoms with van der Waals surface area (Å²) in [7, 11) is 0. The number of hydrogen-bond donors (Lipinski definition) is 0. The fourth-order valence-electron chi connectivity index (χ4n) is 2.66. The highest BCUT2D eigenvalue weighted by atomic mass is 32.1. The first kappa shape index (κ1) is 15.4. The van der Waals surface area contributed by atoms with Gasteiger partial charge in [0.1, 0.15) is 11.1 Å². The molecule has 0 bridgehead atoms. The van der Waals surface area contributed by atoms with E-state index in [1.54, 1.807) is 29.5 Å². The minimum Gasteiger partial charge on any atom is -0.258 e. The Kier molecular flexibility index (Phi) is 4.22. The third kappa shape index (κ3) is 3.30. The number of benzene rings is 1. The number of nitro benzene ring substituents is 1. The van der Waals surface area contributed by atoms with Gasteiger partial charge in [-0.15, -0.1) is 11.3 Å². The van der Waals surface area contributed by atoms with E-state index in [1.807, 2.05) is 0 Å². The number of aryl methyl sites for hydroxylation is 1. The van der Waals surface area contributed by atoms with Crippen LogP contribution in [0.1, 0.15) is 34.5 Å². The van der Waals surface area contributed by atoms with Crippen LogP contribution in [0.4, 0.5) is 5.69 Å². The third-order valence-electron chi connectivity index (χ3n) is 3.95. The molecule has 5 nitrogen and oxygen atoms in total. The zero-order valence-corrected chi connectivity index (χ0v) is 13.5. The molecule has 0 saturated heterocycles. The van der Waals surface area contributed by atoms with E-state index in [4.69, 9.17) is 0 Å². The van der Waals surface area contributed by atoms with Gasteiger partial charge in [0.25, 0.3) is 5.69 Å². The predicted molar refractivity (Wildman–Crippen MR) is 89.9 cm³/mol. The number of rotatable bonds is 3. The highest BCUT2D eigenvalue weighted by Crippen LogP contribution is 2.33. The molecule has 0 radical (unpaired) electrons. The summed E-state index contributed by atoms with van der Waals surface area (Å²) in [5, 5.41) is 20.9. The summed E-state index contributed by atoms with van der Waals surface area (Å²) in [6, 6.07) is 8.37. The van der Waals surface area contributed by atoms with Gasteiger partial charge in [-0.25, -0.2) is 4.98 Å². The van der Waals surface area contributed by atoms with Gasteiger partial charge in [-0.1, -0.05) is 6.92 Å². The van der Waals surface area contributed by atoms with E-state index in [-0.39, 0.29) is 5.69 Å². The Hall–Kier alpha value is -2.52. The number of nitriles is 1. The molecular weight excluding hydrogens is 310 g/mol. The lowest BCUT2D eigenvalue weighted by Gasteiger charge is -2.15.